The molecule has 1 fully saturated rings. The van der Waals surface area contributed by atoms with Crippen LogP contribution in [-0.4, -0.2) is 56.1 Å². The number of sulfonamides is 1. The van der Waals surface area contributed by atoms with Crippen LogP contribution in [0.25, 0.3) is 0 Å². The quantitative estimate of drug-likeness (QED) is 0.558. The summed E-state index contributed by atoms with van der Waals surface area (Å²) >= 11 is 0. The predicted molar refractivity (Wildman–Crippen MR) is 97.7 cm³/mol. The third-order valence-corrected chi connectivity index (χ3v) is 5.82. The molecule has 144 valence electrons. The number of aromatic nitrogens is 1. The zero-order valence-electron chi connectivity index (χ0n) is 14.5. The van der Waals surface area contributed by atoms with Crippen molar-refractivity contribution in [3.8, 4) is 0 Å². The van der Waals surface area contributed by atoms with Gasteiger partial charge in [0.05, 0.1) is 29.1 Å². The van der Waals surface area contributed by atoms with Gasteiger partial charge in [-0.15, -0.1) is 0 Å². The van der Waals surface area contributed by atoms with Crippen molar-refractivity contribution in [2.45, 2.75) is 10.9 Å². The van der Waals surface area contributed by atoms with Gasteiger partial charge in [-0.2, -0.15) is 0 Å². The molecule has 0 bridgehead atoms. The summed E-state index contributed by atoms with van der Waals surface area (Å²) in [6, 6.07) is 8.35. The Morgan fingerprint density at radius 2 is 1.93 bits per heavy atom. The van der Waals surface area contributed by atoms with Crippen LogP contribution in [0.15, 0.2) is 53.7 Å². The first-order valence-corrected chi connectivity index (χ1v) is 9.91. The van der Waals surface area contributed by atoms with Crippen LogP contribution in [0.2, 0.25) is 0 Å². The Morgan fingerprint density at radius 3 is 2.52 bits per heavy atom. The molecule has 1 aromatic carbocycles. The Kier molecular flexibility index (Phi) is 6.11. The number of hydrogen-bond acceptors (Lipinski definition) is 7. The number of benzene rings is 1. The number of nitro benzene ring substituents is 1. The van der Waals surface area contributed by atoms with Crippen molar-refractivity contribution in [3.05, 3.63) is 64.5 Å². The van der Waals surface area contributed by atoms with Gasteiger partial charge in [0.2, 0.25) is 10.0 Å². The van der Waals surface area contributed by atoms with Crippen LogP contribution >= 0.6 is 0 Å². The fraction of sp³-hybridized carbons (Fsp3) is 0.353. The monoisotopic (exact) mass is 392 g/mol. The molecule has 1 aromatic heterocycles. The smallest absolute Gasteiger partial charge is 0.269 e. The van der Waals surface area contributed by atoms with Gasteiger partial charge in [-0.25, -0.2) is 13.1 Å². The number of nitrogens with one attached hydrogen (secondary N) is 1. The molecule has 9 nitrogen and oxygen atoms in total. The van der Waals surface area contributed by atoms with Gasteiger partial charge in [0.25, 0.3) is 5.69 Å². The lowest BCUT2D eigenvalue weighted by Gasteiger charge is -2.34. The van der Waals surface area contributed by atoms with Gasteiger partial charge in [-0.1, -0.05) is 6.07 Å². The molecular weight excluding hydrogens is 372 g/mol. The number of morpholine rings is 1. The van der Waals surface area contributed by atoms with Gasteiger partial charge in [0.15, 0.2) is 0 Å². The maximum absolute atomic E-state index is 12.6. The Morgan fingerprint density at radius 1 is 1.22 bits per heavy atom. The number of hydrogen-bond donors (Lipinski definition) is 1. The highest BCUT2D eigenvalue weighted by Crippen LogP contribution is 2.22. The SMILES string of the molecule is O=[N+]([O-])c1ccc(S(=O)(=O)NC[C@H](c2cccnc2)N2CCOCC2)cc1. The van der Waals surface area contributed by atoms with E-state index in [4.69, 9.17) is 4.74 Å². The van der Waals surface area contributed by atoms with E-state index in [1.54, 1.807) is 12.4 Å². The largest absolute Gasteiger partial charge is 0.379 e. The van der Waals surface area contributed by atoms with Crippen molar-refractivity contribution in [2.75, 3.05) is 32.8 Å². The van der Waals surface area contributed by atoms with Crippen LogP contribution in [0.1, 0.15) is 11.6 Å². The number of ether oxygens (including phenoxy) is 1. The van der Waals surface area contributed by atoms with E-state index in [2.05, 4.69) is 14.6 Å². The van der Waals surface area contributed by atoms with Crippen LogP contribution in [0.4, 0.5) is 5.69 Å². The lowest BCUT2D eigenvalue weighted by molar-refractivity contribution is -0.384. The van der Waals surface area contributed by atoms with Crippen molar-refractivity contribution in [3.63, 3.8) is 0 Å². The third kappa shape index (κ3) is 4.86. The van der Waals surface area contributed by atoms with Gasteiger partial charge in [-0.05, 0) is 23.8 Å². The zero-order valence-corrected chi connectivity index (χ0v) is 15.3. The predicted octanol–water partition coefficient (Wildman–Crippen LogP) is 1.34. The molecule has 1 aliphatic heterocycles. The second kappa shape index (κ2) is 8.53. The molecule has 27 heavy (non-hydrogen) atoms. The maximum Gasteiger partial charge on any atom is 0.269 e. The normalized spacial score (nSPS) is 16.7. The molecule has 0 spiro atoms. The summed E-state index contributed by atoms with van der Waals surface area (Å²) in [6.07, 6.45) is 3.39. The van der Waals surface area contributed by atoms with Crippen LogP contribution in [0.3, 0.4) is 0 Å². The van der Waals surface area contributed by atoms with Gasteiger partial charge in [-0.3, -0.25) is 20.0 Å². The van der Waals surface area contributed by atoms with Gasteiger partial charge < -0.3 is 4.74 Å². The summed E-state index contributed by atoms with van der Waals surface area (Å²) < 4.78 is 33.2. The summed E-state index contributed by atoms with van der Waals surface area (Å²) in [5.74, 6) is 0. The van der Waals surface area contributed by atoms with Crippen molar-refractivity contribution < 1.29 is 18.1 Å². The van der Waals surface area contributed by atoms with E-state index in [9.17, 15) is 18.5 Å². The van der Waals surface area contributed by atoms with E-state index in [1.807, 2.05) is 12.1 Å². The number of nitro groups is 1. The Hall–Kier alpha value is -2.40. The molecule has 2 aromatic rings. The molecule has 1 atom stereocenters. The summed E-state index contributed by atoms with van der Waals surface area (Å²) in [5.41, 5.74) is 0.751. The lowest BCUT2D eigenvalue weighted by Crippen LogP contribution is -2.43. The van der Waals surface area contributed by atoms with Crippen LogP contribution in [-0.2, 0) is 14.8 Å². The van der Waals surface area contributed by atoms with Crippen LogP contribution in [0.5, 0.6) is 0 Å². The molecule has 10 heteroatoms. The molecule has 1 aliphatic rings. The zero-order chi connectivity index (χ0) is 19.3. The highest BCUT2D eigenvalue weighted by molar-refractivity contribution is 7.89. The average molecular weight is 392 g/mol. The highest BCUT2D eigenvalue weighted by atomic mass is 32.2. The van der Waals surface area contributed by atoms with Gasteiger partial charge in [0.1, 0.15) is 0 Å². The Labute approximate surface area is 157 Å². The van der Waals surface area contributed by atoms with E-state index >= 15 is 0 Å². The molecule has 2 heterocycles. The summed E-state index contributed by atoms with van der Waals surface area (Å²) in [4.78, 5) is 16.4. The first kappa shape index (κ1) is 19.4. The van der Waals surface area contributed by atoms with Crippen molar-refractivity contribution in [1.82, 2.24) is 14.6 Å². The minimum Gasteiger partial charge on any atom is -0.379 e. The minimum absolute atomic E-state index is 0.0139. The number of nitrogens with zero attached hydrogens (tertiary/aromatic N) is 3. The molecule has 0 unspecified atom stereocenters. The molecule has 0 saturated carbocycles. The van der Waals surface area contributed by atoms with Gasteiger partial charge >= 0.3 is 0 Å². The topological polar surface area (TPSA) is 115 Å². The molecule has 0 amide bonds. The number of non-ortho nitro benzene ring substituents is 1. The van der Waals surface area contributed by atoms with Crippen molar-refractivity contribution in [2.24, 2.45) is 0 Å². The fourth-order valence-corrected chi connectivity index (χ4v) is 3.98. The second-order valence-electron chi connectivity index (χ2n) is 6.05. The second-order valence-corrected chi connectivity index (χ2v) is 7.82. The Balaban J connectivity index is 1.76. The number of rotatable bonds is 7. The van der Waals surface area contributed by atoms with Gasteiger partial charge in [0, 0.05) is 44.2 Å². The number of pyridine rings is 1. The molecule has 0 radical (unpaired) electrons. The van der Waals surface area contributed by atoms with Crippen molar-refractivity contribution in [1.29, 1.82) is 0 Å². The molecule has 1 N–H and O–H groups in total. The average Bonchev–Trinajstić information content (AvgIpc) is 2.70. The van der Waals surface area contributed by atoms with Crippen LogP contribution < -0.4 is 4.72 Å². The van der Waals surface area contributed by atoms with E-state index < -0.39 is 14.9 Å². The van der Waals surface area contributed by atoms with Crippen molar-refractivity contribution >= 4 is 15.7 Å². The van der Waals surface area contributed by atoms with E-state index in [0.29, 0.717) is 26.3 Å². The summed E-state index contributed by atoms with van der Waals surface area (Å²) in [7, 11) is -3.80. The highest BCUT2D eigenvalue weighted by Gasteiger charge is 2.25. The minimum atomic E-state index is -3.80. The summed E-state index contributed by atoms with van der Waals surface area (Å²) in [6.45, 7) is 2.72. The molecule has 1 saturated heterocycles. The van der Waals surface area contributed by atoms with E-state index in [1.165, 1.54) is 24.3 Å². The first-order chi connectivity index (χ1) is 13.0. The lowest BCUT2D eigenvalue weighted by atomic mass is 10.1. The van der Waals surface area contributed by atoms with E-state index in [0.717, 1.165) is 5.56 Å². The third-order valence-electron chi connectivity index (χ3n) is 4.38. The van der Waals surface area contributed by atoms with Crippen LogP contribution in [0, 0.1) is 10.1 Å². The molecule has 3 rings (SSSR count). The molecular formula is C17H20N4O5S. The Bertz CT molecular complexity index is 868. The summed E-state index contributed by atoms with van der Waals surface area (Å²) in [5, 5.41) is 10.7. The van der Waals surface area contributed by atoms with E-state index in [-0.39, 0.29) is 23.2 Å². The maximum atomic E-state index is 12.6. The standard InChI is InChI=1S/C17H20N4O5S/c22-21(23)15-3-5-16(6-4-15)27(24,25)19-13-17(14-2-1-7-18-12-14)20-8-10-26-11-9-20/h1-7,12,17,19H,8-11,13H2/t17-/m1/s1. The fourth-order valence-electron chi connectivity index (χ4n) is 2.94. The first-order valence-electron chi connectivity index (χ1n) is 8.43. The molecule has 0 aliphatic carbocycles.